The summed E-state index contributed by atoms with van der Waals surface area (Å²) >= 11 is 0. The summed E-state index contributed by atoms with van der Waals surface area (Å²) < 4.78 is 15.7. The monoisotopic (exact) mass is 544 g/mol. The number of esters is 2. The van der Waals surface area contributed by atoms with E-state index in [0.717, 1.165) is 38.5 Å². The number of hydrogen-bond donors (Lipinski definition) is 3. The number of aliphatic hydroxyl groups excluding tert-OH is 3. The van der Waals surface area contributed by atoms with E-state index in [2.05, 4.69) is 13.8 Å². The van der Waals surface area contributed by atoms with Crippen molar-refractivity contribution in [1.82, 2.24) is 0 Å². The third-order valence-electron chi connectivity index (χ3n) is 7.31. The van der Waals surface area contributed by atoms with Gasteiger partial charge in [0, 0.05) is 12.8 Å². The number of rotatable bonds is 23. The Bertz CT molecular complexity index is 597. The number of unbranched alkanes of at least 4 members (excludes halogenated alkanes) is 16. The molecule has 1 heterocycles. The largest absolute Gasteiger partial charge is 0.463 e. The van der Waals surface area contributed by atoms with Gasteiger partial charge in [0.1, 0.15) is 24.9 Å². The molecule has 38 heavy (non-hydrogen) atoms. The van der Waals surface area contributed by atoms with E-state index in [1.165, 1.54) is 70.6 Å². The Hall–Kier alpha value is -1.22. The summed E-state index contributed by atoms with van der Waals surface area (Å²) in [5.41, 5.74) is 0. The van der Waals surface area contributed by atoms with Gasteiger partial charge in [0.15, 0.2) is 12.4 Å². The molecule has 0 amide bonds. The number of carbonyl (C=O) groups is 2. The molecule has 0 saturated carbocycles. The van der Waals surface area contributed by atoms with Crippen LogP contribution in [0.3, 0.4) is 0 Å². The molecular formula is C30H56O8. The zero-order valence-corrected chi connectivity index (χ0v) is 24.1. The second-order valence-corrected chi connectivity index (χ2v) is 10.8. The lowest BCUT2D eigenvalue weighted by atomic mass is 9.99. The van der Waals surface area contributed by atoms with Gasteiger partial charge in [0.25, 0.3) is 0 Å². The van der Waals surface area contributed by atoms with Crippen molar-refractivity contribution >= 4 is 11.9 Å². The van der Waals surface area contributed by atoms with Crippen LogP contribution in [0.25, 0.3) is 0 Å². The van der Waals surface area contributed by atoms with Gasteiger partial charge >= 0.3 is 11.9 Å². The van der Waals surface area contributed by atoms with E-state index >= 15 is 0 Å². The van der Waals surface area contributed by atoms with E-state index in [1.54, 1.807) is 0 Å². The fraction of sp³-hybridized carbons (Fsp3) is 0.933. The van der Waals surface area contributed by atoms with Crippen LogP contribution in [-0.2, 0) is 23.8 Å². The van der Waals surface area contributed by atoms with Crippen LogP contribution in [0.5, 0.6) is 0 Å². The first-order valence-electron chi connectivity index (χ1n) is 15.4. The van der Waals surface area contributed by atoms with E-state index in [9.17, 15) is 24.9 Å². The van der Waals surface area contributed by atoms with Crippen molar-refractivity contribution in [3.05, 3.63) is 0 Å². The number of hydrogen-bond acceptors (Lipinski definition) is 8. The highest BCUT2D eigenvalue weighted by atomic mass is 16.7. The highest BCUT2D eigenvalue weighted by Gasteiger charge is 2.46. The summed E-state index contributed by atoms with van der Waals surface area (Å²) in [5.74, 6) is -0.945. The van der Waals surface area contributed by atoms with Gasteiger partial charge in [-0.05, 0) is 12.8 Å². The summed E-state index contributed by atoms with van der Waals surface area (Å²) in [6.45, 7) is 4.12. The molecule has 0 aromatic carbocycles. The van der Waals surface area contributed by atoms with Crippen molar-refractivity contribution in [1.29, 1.82) is 0 Å². The molecule has 224 valence electrons. The van der Waals surface area contributed by atoms with Crippen LogP contribution < -0.4 is 0 Å². The van der Waals surface area contributed by atoms with Gasteiger partial charge in [-0.25, -0.2) is 0 Å². The molecule has 5 atom stereocenters. The lowest BCUT2D eigenvalue weighted by molar-refractivity contribution is -0.291. The van der Waals surface area contributed by atoms with E-state index in [1.807, 2.05) is 0 Å². The maximum atomic E-state index is 12.2. The van der Waals surface area contributed by atoms with Gasteiger partial charge in [0.2, 0.25) is 0 Å². The fourth-order valence-corrected chi connectivity index (χ4v) is 4.80. The molecule has 3 N–H and O–H groups in total. The van der Waals surface area contributed by atoms with Crippen molar-refractivity contribution < 1.29 is 39.1 Å². The van der Waals surface area contributed by atoms with E-state index in [4.69, 9.17) is 14.2 Å². The zero-order chi connectivity index (χ0) is 28.0. The van der Waals surface area contributed by atoms with E-state index in [0.29, 0.717) is 6.42 Å². The molecule has 1 aliphatic heterocycles. The minimum absolute atomic E-state index is 0.182. The van der Waals surface area contributed by atoms with Gasteiger partial charge in [0.05, 0.1) is 0 Å². The van der Waals surface area contributed by atoms with Gasteiger partial charge in [-0.15, -0.1) is 0 Å². The SMILES string of the molecule is CCCCCCCCCCCC(=O)OC[C@H]1O[C@H](O)[C@H](OC(=O)CCCCCCCCCCC)[C@@H](O)[C@@H]1O. The highest BCUT2D eigenvalue weighted by molar-refractivity contribution is 5.69. The molecule has 0 aromatic heterocycles. The van der Waals surface area contributed by atoms with Crippen molar-refractivity contribution in [2.75, 3.05) is 6.61 Å². The first kappa shape index (κ1) is 34.8. The molecule has 1 fully saturated rings. The molecule has 8 heteroatoms. The van der Waals surface area contributed by atoms with Crippen molar-refractivity contribution in [2.45, 2.75) is 173 Å². The van der Waals surface area contributed by atoms with Crippen LogP contribution in [0.4, 0.5) is 0 Å². The Morgan fingerprint density at radius 2 is 1.03 bits per heavy atom. The molecule has 0 bridgehead atoms. The van der Waals surface area contributed by atoms with Gasteiger partial charge in [-0.3, -0.25) is 9.59 Å². The number of ether oxygens (including phenoxy) is 3. The first-order chi connectivity index (χ1) is 18.4. The Morgan fingerprint density at radius 3 is 1.50 bits per heavy atom. The highest BCUT2D eigenvalue weighted by Crippen LogP contribution is 2.24. The summed E-state index contributed by atoms with van der Waals surface area (Å²) in [6.07, 6.45) is 13.8. The van der Waals surface area contributed by atoms with E-state index in [-0.39, 0.29) is 19.4 Å². The van der Waals surface area contributed by atoms with Gasteiger partial charge in [-0.1, -0.05) is 117 Å². The van der Waals surface area contributed by atoms with Crippen LogP contribution in [0.1, 0.15) is 142 Å². The predicted molar refractivity (Wildman–Crippen MR) is 147 cm³/mol. The van der Waals surface area contributed by atoms with E-state index < -0.39 is 42.6 Å². The van der Waals surface area contributed by atoms with Crippen LogP contribution in [0.15, 0.2) is 0 Å². The average molecular weight is 545 g/mol. The second-order valence-electron chi connectivity index (χ2n) is 10.8. The molecule has 1 aliphatic rings. The normalized spacial score (nSPS) is 23.3. The lowest BCUT2D eigenvalue weighted by Crippen LogP contribution is -2.60. The van der Waals surface area contributed by atoms with Crippen LogP contribution in [-0.4, -0.2) is 64.6 Å². The minimum Gasteiger partial charge on any atom is -0.463 e. The van der Waals surface area contributed by atoms with Gasteiger partial charge < -0.3 is 29.5 Å². The van der Waals surface area contributed by atoms with Crippen LogP contribution >= 0.6 is 0 Å². The molecule has 1 rings (SSSR count). The molecule has 8 nitrogen and oxygen atoms in total. The van der Waals surface area contributed by atoms with Crippen LogP contribution in [0.2, 0.25) is 0 Å². The third kappa shape index (κ3) is 16.0. The summed E-state index contributed by atoms with van der Waals surface area (Å²) in [7, 11) is 0. The first-order valence-corrected chi connectivity index (χ1v) is 15.4. The minimum atomic E-state index is -1.61. The Morgan fingerprint density at radius 1 is 0.605 bits per heavy atom. The molecule has 0 aromatic rings. The maximum absolute atomic E-state index is 12.2. The van der Waals surface area contributed by atoms with Gasteiger partial charge in [-0.2, -0.15) is 0 Å². The number of aliphatic hydroxyl groups is 3. The van der Waals surface area contributed by atoms with Crippen molar-refractivity contribution in [2.24, 2.45) is 0 Å². The fourth-order valence-electron chi connectivity index (χ4n) is 4.80. The standard InChI is InChI=1S/C30H56O8/c1-3-5-7-9-11-13-15-17-19-21-25(31)36-23-24-27(33)28(34)29(30(35)37-24)38-26(32)22-20-18-16-14-12-10-8-6-4-2/h24,27-30,33-35H,3-23H2,1-2H3/t24-,27-,28+,29-,30+/m1/s1. The van der Waals surface area contributed by atoms with Crippen LogP contribution in [0, 0.1) is 0 Å². The van der Waals surface area contributed by atoms with Crippen molar-refractivity contribution in [3.63, 3.8) is 0 Å². The van der Waals surface area contributed by atoms with Crippen molar-refractivity contribution in [3.8, 4) is 0 Å². The zero-order valence-electron chi connectivity index (χ0n) is 24.1. The summed E-state index contributed by atoms with van der Waals surface area (Å²) in [5, 5.41) is 31.0. The molecule has 0 aliphatic carbocycles. The Kier molecular flexibility index (Phi) is 20.7. The summed E-state index contributed by atoms with van der Waals surface area (Å²) in [6, 6.07) is 0. The average Bonchev–Trinajstić information content (AvgIpc) is 2.90. The molecule has 1 saturated heterocycles. The molecule has 0 spiro atoms. The Labute approximate surface area is 230 Å². The molecular weight excluding hydrogens is 488 g/mol. The molecule has 0 radical (unpaired) electrons. The quantitative estimate of drug-likeness (QED) is 0.110. The Balaban J connectivity index is 2.17. The maximum Gasteiger partial charge on any atom is 0.306 e. The lowest BCUT2D eigenvalue weighted by Gasteiger charge is -2.39. The third-order valence-corrected chi connectivity index (χ3v) is 7.31. The molecule has 0 unspecified atom stereocenters. The second kappa shape index (κ2) is 22.6. The predicted octanol–water partition coefficient (Wildman–Crippen LogP) is 5.72. The topological polar surface area (TPSA) is 123 Å². The summed E-state index contributed by atoms with van der Waals surface area (Å²) in [4.78, 5) is 24.2. The smallest absolute Gasteiger partial charge is 0.306 e. The number of carbonyl (C=O) groups excluding carboxylic acids is 2.